The summed E-state index contributed by atoms with van der Waals surface area (Å²) in [5.41, 5.74) is 3.32. The molecule has 5 nitrogen and oxygen atoms in total. The van der Waals surface area contributed by atoms with E-state index in [-0.39, 0.29) is 12.5 Å². The lowest BCUT2D eigenvalue weighted by atomic mass is 10.0. The average Bonchev–Trinajstić information content (AvgIpc) is 2.73. The molecular weight excluding hydrogens is 388 g/mol. The predicted molar refractivity (Wildman–Crippen MR) is 117 cm³/mol. The highest BCUT2D eigenvalue weighted by Gasteiger charge is 2.08. The molecule has 0 aliphatic heterocycles. The van der Waals surface area contributed by atoms with E-state index in [1.54, 1.807) is 30.5 Å². The number of unbranched alkanes of at least 4 members (excludes halogenated alkanes) is 1. The Kier molecular flexibility index (Phi) is 7.47. The number of hydrogen-bond acceptors (Lipinski definition) is 4. The number of nitrogens with zero attached hydrogens (tertiary/aromatic N) is 1. The number of rotatable bonds is 9. The number of amides is 1. The first-order chi connectivity index (χ1) is 14.2. The van der Waals surface area contributed by atoms with Crippen LogP contribution in [-0.4, -0.2) is 25.3 Å². The summed E-state index contributed by atoms with van der Waals surface area (Å²) in [7, 11) is 0. The molecule has 0 fully saturated rings. The highest BCUT2D eigenvalue weighted by atomic mass is 35.5. The Morgan fingerprint density at radius 3 is 2.79 bits per heavy atom. The van der Waals surface area contributed by atoms with Crippen LogP contribution in [0, 0.1) is 0 Å². The molecule has 3 aromatic carbocycles. The Labute approximate surface area is 175 Å². The van der Waals surface area contributed by atoms with Crippen LogP contribution in [-0.2, 0) is 4.79 Å². The minimum absolute atomic E-state index is 0.160. The monoisotopic (exact) mass is 410 g/mol. The number of benzene rings is 3. The van der Waals surface area contributed by atoms with Gasteiger partial charge in [0.15, 0.2) is 6.61 Å². The Balaban J connectivity index is 1.68. The van der Waals surface area contributed by atoms with E-state index in [1.165, 1.54) is 0 Å². The molecule has 0 unspecified atom stereocenters. The average molecular weight is 411 g/mol. The van der Waals surface area contributed by atoms with Crippen molar-refractivity contribution in [2.24, 2.45) is 5.10 Å². The topological polar surface area (TPSA) is 59.9 Å². The first kappa shape index (κ1) is 20.7. The summed E-state index contributed by atoms with van der Waals surface area (Å²) in [5, 5.41) is 6.73. The van der Waals surface area contributed by atoms with Gasteiger partial charge in [0.05, 0.1) is 12.8 Å². The third-order valence-electron chi connectivity index (χ3n) is 4.24. The van der Waals surface area contributed by atoms with Gasteiger partial charge in [0.1, 0.15) is 11.5 Å². The second kappa shape index (κ2) is 10.5. The van der Waals surface area contributed by atoms with Gasteiger partial charge in [-0.15, -0.1) is 0 Å². The summed E-state index contributed by atoms with van der Waals surface area (Å²) in [5.74, 6) is 0.900. The van der Waals surface area contributed by atoms with Gasteiger partial charge < -0.3 is 9.47 Å². The van der Waals surface area contributed by atoms with E-state index in [2.05, 4.69) is 17.5 Å². The van der Waals surface area contributed by atoms with Gasteiger partial charge in [-0.25, -0.2) is 5.43 Å². The van der Waals surface area contributed by atoms with E-state index in [9.17, 15) is 4.79 Å². The van der Waals surface area contributed by atoms with Gasteiger partial charge in [-0.05, 0) is 41.5 Å². The highest BCUT2D eigenvalue weighted by molar-refractivity contribution is 6.30. The molecule has 0 radical (unpaired) electrons. The molecular formula is C23H23ClN2O3. The number of hydrazone groups is 1. The van der Waals surface area contributed by atoms with Crippen molar-refractivity contribution in [2.45, 2.75) is 19.8 Å². The molecule has 0 aromatic heterocycles. The number of fused-ring (bicyclic) bond motifs is 1. The minimum atomic E-state index is -0.366. The van der Waals surface area contributed by atoms with Crippen LogP contribution in [0.3, 0.4) is 0 Å². The van der Waals surface area contributed by atoms with E-state index in [0.717, 1.165) is 34.9 Å². The van der Waals surface area contributed by atoms with Crippen molar-refractivity contribution < 1.29 is 14.3 Å². The van der Waals surface area contributed by atoms with Gasteiger partial charge in [-0.1, -0.05) is 61.3 Å². The first-order valence-electron chi connectivity index (χ1n) is 9.52. The standard InChI is InChI=1S/C23H23ClN2O3/c1-2-3-13-28-22-12-11-17-7-4-5-10-20(17)21(22)15-25-26-23(27)16-29-19-9-6-8-18(24)14-19/h4-12,14-15H,2-3,13,16H2,1H3,(H,26,27)/b25-15+. The fourth-order valence-electron chi connectivity index (χ4n) is 2.77. The molecule has 29 heavy (non-hydrogen) atoms. The smallest absolute Gasteiger partial charge is 0.277 e. The van der Waals surface area contributed by atoms with Crippen molar-refractivity contribution in [2.75, 3.05) is 13.2 Å². The van der Waals surface area contributed by atoms with Crippen LogP contribution in [0.25, 0.3) is 10.8 Å². The van der Waals surface area contributed by atoms with Gasteiger partial charge in [-0.2, -0.15) is 5.10 Å². The van der Waals surface area contributed by atoms with Crippen molar-refractivity contribution in [1.29, 1.82) is 0 Å². The Hall–Kier alpha value is -3.05. The molecule has 1 amide bonds. The molecule has 3 aromatic rings. The quantitative estimate of drug-likeness (QED) is 0.299. The van der Waals surface area contributed by atoms with E-state index in [4.69, 9.17) is 21.1 Å². The van der Waals surface area contributed by atoms with Crippen molar-refractivity contribution in [1.82, 2.24) is 5.43 Å². The molecule has 0 spiro atoms. The highest BCUT2D eigenvalue weighted by Crippen LogP contribution is 2.27. The molecule has 1 N–H and O–H groups in total. The maximum atomic E-state index is 12.0. The van der Waals surface area contributed by atoms with E-state index >= 15 is 0 Å². The zero-order valence-electron chi connectivity index (χ0n) is 16.2. The van der Waals surface area contributed by atoms with Gasteiger partial charge in [-0.3, -0.25) is 4.79 Å². The molecule has 0 saturated heterocycles. The van der Waals surface area contributed by atoms with Gasteiger partial charge in [0, 0.05) is 10.6 Å². The van der Waals surface area contributed by atoms with Crippen LogP contribution in [0.15, 0.2) is 65.8 Å². The van der Waals surface area contributed by atoms with Crippen LogP contribution in [0.2, 0.25) is 5.02 Å². The van der Waals surface area contributed by atoms with Crippen LogP contribution in [0.5, 0.6) is 11.5 Å². The summed E-state index contributed by atoms with van der Waals surface area (Å²) < 4.78 is 11.3. The summed E-state index contributed by atoms with van der Waals surface area (Å²) in [6, 6.07) is 18.8. The lowest BCUT2D eigenvalue weighted by Gasteiger charge is -2.11. The molecule has 0 aliphatic carbocycles. The Bertz CT molecular complexity index is 1000. The molecule has 0 atom stereocenters. The van der Waals surface area contributed by atoms with E-state index in [1.807, 2.05) is 36.4 Å². The van der Waals surface area contributed by atoms with Crippen molar-refractivity contribution in [3.8, 4) is 11.5 Å². The number of halogens is 1. The van der Waals surface area contributed by atoms with Gasteiger partial charge >= 0.3 is 0 Å². The summed E-state index contributed by atoms with van der Waals surface area (Å²) >= 11 is 5.90. The Morgan fingerprint density at radius 1 is 1.10 bits per heavy atom. The normalized spacial score (nSPS) is 11.0. The van der Waals surface area contributed by atoms with Crippen molar-refractivity contribution >= 4 is 34.5 Å². The van der Waals surface area contributed by atoms with Crippen LogP contribution >= 0.6 is 11.6 Å². The van der Waals surface area contributed by atoms with Gasteiger partial charge in [0.2, 0.25) is 0 Å². The molecule has 6 heteroatoms. The molecule has 0 bridgehead atoms. The van der Waals surface area contributed by atoms with Crippen molar-refractivity contribution in [3.05, 3.63) is 71.2 Å². The van der Waals surface area contributed by atoms with E-state index in [0.29, 0.717) is 17.4 Å². The zero-order chi connectivity index (χ0) is 20.5. The second-order valence-corrected chi connectivity index (χ2v) is 6.88. The SMILES string of the molecule is CCCCOc1ccc2ccccc2c1/C=N/NC(=O)COc1cccc(Cl)c1. The fraction of sp³-hybridized carbons (Fsp3) is 0.217. The first-order valence-corrected chi connectivity index (χ1v) is 9.90. The maximum Gasteiger partial charge on any atom is 0.277 e. The maximum absolute atomic E-state index is 12.0. The van der Waals surface area contributed by atoms with Crippen LogP contribution < -0.4 is 14.9 Å². The molecule has 0 heterocycles. The van der Waals surface area contributed by atoms with Crippen molar-refractivity contribution in [3.63, 3.8) is 0 Å². The number of ether oxygens (including phenoxy) is 2. The van der Waals surface area contributed by atoms with E-state index < -0.39 is 0 Å². The lowest BCUT2D eigenvalue weighted by Crippen LogP contribution is -2.24. The Morgan fingerprint density at radius 2 is 1.97 bits per heavy atom. The summed E-state index contributed by atoms with van der Waals surface area (Å²) in [6.07, 6.45) is 3.64. The third-order valence-corrected chi connectivity index (χ3v) is 4.47. The number of nitrogens with one attached hydrogen (secondary N) is 1. The predicted octanol–water partition coefficient (Wildman–Crippen LogP) is 5.20. The fourth-order valence-corrected chi connectivity index (χ4v) is 2.95. The zero-order valence-corrected chi connectivity index (χ0v) is 17.0. The number of carbonyl (C=O) groups is 1. The third kappa shape index (κ3) is 5.96. The molecule has 0 aliphatic rings. The number of hydrogen-bond donors (Lipinski definition) is 1. The molecule has 150 valence electrons. The largest absolute Gasteiger partial charge is 0.493 e. The number of carbonyl (C=O) groups excluding carboxylic acids is 1. The van der Waals surface area contributed by atoms with Gasteiger partial charge in [0.25, 0.3) is 5.91 Å². The summed E-state index contributed by atoms with van der Waals surface area (Å²) in [4.78, 5) is 12.0. The van der Waals surface area contributed by atoms with Crippen LogP contribution in [0.1, 0.15) is 25.3 Å². The van der Waals surface area contributed by atoms with Crippen LogP contribution in [0.4, 0.5) is 0 Å². The molecule has 0 saturated carbocycles. The summed E-state index contributed by atoms with van der Waals surface area (Å²) in [6.45, 7) is 2.59. The second-order valence-electron chi connectivity index (χ2n) is 6.44. The molecule has 3 rings (SSSR count). The minimum Gasteiger partial charge on any atom is -0.493 e. The lowest BCUT2D eigenvalue weighted by molar-refractivity contribution is -0.123.